The molecule has 3 aliphatic rings. The molecule has 0 atom stereocenters. The minimum atomic E-state index is -0.774. The lowest BCUT2D eigenvalue weighted by atomic mass is 9.71. The smallest absolute Gasteiger partial charge is 0.416 e. The summed E-state index contributed by atoms with van der Waals surface area (Å²) in [4.78, 5) is 30.4. The highest BCUT2D eigenvalue weighted by atomic mass is 16.7. The highest BCUT2D eigenvalue weighted by Gasteiger charge is 2.47. The van der Waals surface area contributed by atoms with E-state index in [0.717, 1.165) is 24.7 Å². The van der Waals surface area contributed by atoms with E-state index >= 15 is 0 Å². The van der Waals surface area contributed by atoms with Crippen LogP contribution in [0.1, 0.15) is 67.4 Å². The van der Waals surface area contributed by atoms with Crippen molar-refractivity contribution in [2.75, 3.05) is 19.1 Å². The van der Waals surface area contributed by atoms with Crippen molar-refractivity contribution in [2.24, 2.45) is 0 Å². The third kappa shape index (κ3) is 3.14. The van der Waals surface area contributed by atoms with Crippen LogP contribution in [-0.4, -0.2) is 43.2 Å². The van der Waals surface area contributed by atoms with Crippen LogP contribution >= 0.6 is 0 Å². The summed E-state index contributed by atoms with van der Waals surface area (Å²) in [6, 6.07) is 1.88. The Labute approximate surface area is 147 Å². The van der Waals surface area contributed by atoms with E-state index in [0.29, 0.717) is 23.0 Å². The Kier molecular flexibility index (Phi) is 4.55. The number of amides is 1. The van der Waals surface area contributed by atoms with Gasteiger partial charge >= 0.3 is 6.09 Å². The molecule has 1 aliphatic carbocycles. The van der Waals surface area contributed by atoms with E-state index < -0.39 is 18.0 Å². The summed E-state index contributed by atoms with van der Waals surface area (Å²) in [5.74, 6) is 0.865. The molecule has 2 bridgehead atoms. The predicted octanol–water partition coefficient (Wildman–Crippen LogP) is 3.19. The topological polar surface area (TPSA) is 78.0 Å². The maximum Gasteiger partial charge on any atom is 0.416 e. The van der Waals surface area contributed by atoms with Gasteiger partial charge in [-0.2, -0.15) is 0 Å². The van der Waals surface area contributed by atoms with Gasteiger partial charge in [0.2, 0.25) is 6.29 Å². The molecule has 7 nitrogen and oxygen atoms in total. The molecule has 25 heavy (non-hydrogen) atoms. The molecule has 1 aromatic rings. The standard InChI is InChI=1S/C18H24N2O5/c1-18(2,3)25-17(22)20-12-6-10(7-12)13-8-11(9-21)14(19-15(13)20)16(23-4)24-5/h8-10,12,16H,6-7H2,1-5H3. The van der Waals surface area contributed by atoms with Crippen LogP contribution in [0.4, 0.5) is 10.6 Å². The lowest BCUT2D eigenvalue weighted by molar-refractivity contribution is -0.108. The first kappa shape index (κ1) is 17.8. The Bertz CT molecular complexity index is 687. The van der Waals surface area contributed by atoms with E-state index in [9.17, 15) is 9.59 Å². The number of carbonyl (C=O) groups excluding carboxylic acids is 2. The summed E-state index contributed by atoms with van der Waals surface area (Å²) < 4.78 is 16.1. The summed E-state index contributed by atoms with van der Waals surface area (Å²) in [5, 5.41) is 0. The highest BCUT2D eigenvalue weighted by Crippen LogP contribution is 2.50. The predicted molar refractivity (Wildman–Crippen MR) is 90.9 cm³/mol. The third-order valence-corrected chi connectivity index (χ3v) is 4.61. The second kappa shape index (κ2) is 6.38. The molecule has 3 heterocycles. The fourth-order valence-electron chi connectivity index (χ4n) is 3.42. The maximum absolute atomic E-state index is 12.7. The normalized spacial score (nSPS) is 21.6. The van der Waals surface area contributed by atoms with Crippen molar-refractivity contribution in [3.05, 3.63) is 22.9 Å². The van der Waals surface area contributed by atoms with Crippen LogP contribution in [-0.2, 0) is 14.2 Å². The Morgan fingerprint density at radius 2 is 1.96 bits per heavy atom. The van der Waals surface area contributed by atoms with Crippen LogP contribution in [0, 0.1) is 0 Å². The number of aromatic nitrogens is 1. The largest absolute Gasteiger partial charge is 0.443 e. The van der Waals surface area contributed by atoms with Crippen LogP contribution in [0.15, 0.2) is 6.07 Å². The minimum absolute atomic E-state index is 0.0818. The molecule has 136 valence electrons. The molecule has 0 unspecified atom stereocenters. The average molecular weight is 348 g/mol. The van der Waals surface area contributed by atoms with Crippen molar-refractivity contribution in [3.8, 4) is 0 Å². The van der Waals surface area contributed by atoms with Crippen LogP contribution in [0.5, 0.6) is 0 Å². The van der Waals surface area contributed by atoms with Gasteiger partial charge in [-0.05, 0) is 51.2 Å². The number of rotatable bonds is 4. The zero-order valence-corrected chi connectivity index (χ0v) is 15.2. The Morgan fingerprint density at radius 1 is 1.32 bits per heavy atom. The van der Waals surface area contributed by atoms with Gasteiger partial charge in [0, 0.05) is 25.8 Å². The molecule has 2 aliphatic heterocycles. The van der Waals surface area contributed by atoms with Gasteiger partial charge in [-0.15, -0.1) is 0 Å². The number of hydrogen-bond acceptors (Lipinski definition) is 6. The summed E-state index contributed by atoms with van der Waals surface area (Å²) in [6.45, 7) is 5.50. The lowest BCUT2D eigenvalue weighted by Gasteiger charge is -2.49. The van der Waals surface area contributed by atoms with Gasteiger partial charge in [0.15, 0.2) is 6.29 Å². The molecule has 0 aromatic carbocycles. The lowest BCUT2D eigenvalue weighted by Crippen LogP contribution is -2.53. The number of pyridine rings is 1. The van der Waals surface area contributed by atoms with Crippen LogP contribution in [0.25, 0.3) is 0 Å². The van der Waals surface area contributed by atoms with Gasteiger partial charge in [-0.3, -0.25) is 9.69 Å². The number of carbonyl (C=O) groups is 2. The van der Waals surface area contributed by atoms with E-state index in [1.165, 1.54) is 14.2 Å². The monoisotopic (exact) mass is 348 g/mol. The molecule has 1 amide bonds. The summed E-state index contributed by atoms with van der Waals surface area (Å²) >= 11 is 0. The summed E-state index contributed by atoms with van der Waals surface area (Å²) in [5.41, 5.74) is 1.10. The van der Waals surface area contributed by atoms with Crippen molar-refractivity contribution in [1.29, 1.82) is 0 Å². The first-order valence-corrected chi connectivity index (χ1v) is 8.36. The summed E-state index contributed by atoms with van der Waals surface area (Å²) in [6.07, 6.45) is 1.29. The quantitative estimate of drug-likeness (QED) is 0.614. The number of hydrogen-bond donors (Lipinski definition) is 0. The van der Waals surface area contributed by atoms with E-state index in [1.807, 2.05) is 20.8 Å². The molecule has 0 N–H and O–H groups in total. The average Bonchev–Trinajstić information content (AvgIpc) is 2.51. The molecule has 0 saturated heterocycles. The highest BCUT2D eigenvalue weighted by molar-refractivity contribution is 5.91. The molecule has 0 spiro atoms. The van der Waals surface area contributed by atoms with E-state index in [-0.39, 0.29) is 6.04 Å². The van der Waals surface area contributed by atoms with Gasteiger partial charge in [-0.1, -0.05) is 0 Å². The maximum atomic E-state index is 12.7. The van der Waals surface area contributed by atoms with E-state index in [4.69, 9.17) is 14.2 Å². The van der Waals surface area contributed by atoms with Gasteiger partial charge in [0.05, 0.1) is 0 Å². The van der Waals surface area contributed by atoms with Crippen LogP contribution in [0.2, 0.25) is 0 Å². The van der Waals surface area contributed by atoms with Gasteiger partial charge in [0.25, 0.3) is 0 Å². The number of anilines is 1. The first-order chi connectivity index (χ1) is 11.8. The molecule has 1 aromatic heterocycles. The van der Waals surface area contributed by atoms with Crippen molar-refractivity contribution >= 4 is 18.2 Å². The van der Waals surface area contributed by atoms with Gasteiger partial charge in [-0.25, -0.2) is 9.78 Å². The molecular formula is C18H24N2O5. The van der Waals surface area contributed by atoms with Crippen molar-refractivity contribution in [3.63, 3.8) is 0 Å². The number of ether oxygens (including phenoxy) is 3. The molecule has 1 fully saturated rings. The minimum Gasteiger partial charge on any atom is -0.443 e. The van der Waals surface area contributed by atoms with E-state index in [2.05, 4.69) is 4.98 Å². The van der Waals surface area contributed by atoms with Gasteiger partial charge in [0.1, 0.15) is 17.1 Å². The Balaban J connectivity index is 2.06. The Morgan fingerprint density at radius 3 is 2.48 bits per heavy atom. The van der Waals surface area contributed by atoms with Gasteiger partial charge < -0.3 is 14.2 Å². The second-order valence-electron chi connectivity index (χ2n) is 7.47. The molecular weight excluding hydrogens is 324 g/mol. The van der Waals surface area contributed by atoms with Crippen LogP contribution < -0.4 is 4.90 Å². The zero-order chi connectivity index (χ0) is 18.4. The van der Waals surface area contributed by atoms with E-state index in [1.54, 1.807) is 11.0 Å². The number of nitrogens with zero attached hydrogens (tertiary/aromatic N) is 2. The SMILES string of the molecule is COC(OC)c1nc2c(cc1C=O)C1CC(C1)N2C(=O)OC(C)(C)C. The Hall–Kier alpha value is -1.99. The number of methoxy groups -OCH3 is 2. The fraction of sp³-hybridized carbons (Fsp3) is 0.611. The molecule has 7 heteroatoms. The van der Waals surface area contributed by atoms with Crippen molar-refractivity contribution in [2.45, 2.75) is 57.5 Å². The van der Waals surface area contributed by atoms with Crippen molar-refractivity contribution in [1.82, 2.24) is 4.98 Å². The zero-order valence-electron chi connectivity index (χ0n) is 15.2. The first-order valence-electron chi connectivity index (χ1n) is 8.36. The molecule has 4 rings (SSSR count). The second-order valence-corrected chi connectivity index (χ2v) is 7.47. The van der Waals surface area contributed by atoms with Crippen molar-refractivity contribution < 1.29 is 23.8 Å². The fourth-order valence-corrected chi connectivity index (χ4v) is 3.42. The molecule has 1 saturated carbocycles. The summed E-state index contributed by atoms with van der Waals surface area (Å²) in [7, 11) is 2.96. The molecule has 0 radical (unpaired) electrons. The third-order valence-electron chi connectivity index (χ3n) is 4.61. The van der Waals surface area contributed by atoms with Crippen LogP contribution in [0.3, 0.4) is 0 Å². The number of aldehydes is 1.